The van der Waals surface area contributed by atoms with Crippen LogP contribution < -0.4 is 4.72 Å². The lowest BCUT2D eigenvalue weighted by Gasteiger charge is -2.42. The quantitative estimate of drug-likeness (QED) is 0.753. The molecule has 0 bridgehead atoms. The minimum Gasteiger partial charge on any atom is -0.336 e. The summed E-state index contributed by atoms with van der Waals surface area (Å²) in [4.78, 5) is 19.7. The molecule has 9 heteroatoms. The molecule has 0 aromatic heterocycles. The third kappa shape index (κ3) is 5.49. The van der Waals surface area contributed by atoms with Crippen molar-refractivity contribution in [3.05, 3.63) is 28.8 Å². The average molecular weight is 443 g/mol. The average Bonchev–Trinajstić information content (AvgIpc) is 2.67. The number of rotatable bonds is 5. The fourth-order valence-corrected chi connectivity index (χ4v) is 5.59. The van der Waals surface area contributed by atoms with Gasteiger partial charge in [0.1, 0.15) is 0 Å². The summed E-state index contributed by atoms with van der Waals surface area (Å²) in [5.41, 5.74) is 0.240. The van der Waals surface area contributed by atoms with Gasteiger partial charge in [-0.2, -0.15) is 0 Å². The number of halogens is 1. The number of likely N-dealkylation sites (tertiary alicyclic amines) is 1. The van der Waals surface area contributed by atoms with Crippen LogP contribution in [0.1, 0.15) is 37.0 Å². The van der Waals surface area contributed by atoms with Gasteiger partial charge in [-0.1, -0.05) is 11.6 Å². The van der Waals surface area contributed by atoms with E-state index in [4.69, 9.17) is 11.6 Å². The Kier molecular flexibility index (Phi) is 7.22. The van der Waals surface area contributed by atoms with Crippen LogP contribution in [0.3, 0.4) is 0 Å². The zero-order valence-electron chi connectivity index (χ0n) is 17.4. The van der Waals surface area contributed by atoms with Crippen molar-refractivity contribution in [2.24, 2.45) is 0 Å². The van der Waals surface area contributed by atoms with Gasteiger partial charge in [-0.05, 0) is 58.5 Å². The van der Waals surface area contributed by atoms with E-state index in [1.165, 1.54) is 31.0 Å². The van der Waals surface area contributed by atoms with Crippen LogP contribution in [0, 0.1) is 0 Å². The third-order valence-corrected chi connectivity index (χ3v) is 7.57. The maximum Gasteiger partial charge on any atom is 0.255 e. The second-order valence-corrected chi connectivity index (χ2v) is 10.4. The smallest absolute Gasteiger partial charge is 0.255 e. The van der Waals surface area contributed by atoms with E-state index in [1.54, 1.807) is 18.7 Å². The number of benzene rings is 1. The fraction of sp³-hybridized carbons (Fsp3) is 0.650. The van der Waals surface area contributed by atoms with E-state index in [0.717, 1.165) is 26.2 Å². The SMILES string of the molecule is CC(C)NS(=O)(=O)c1ccc(Cl)c(C(=O)N2CCN(C3CCCN(C)C3)CC2)c1. The van der Waals surface area contributed by atoms with Crippen LogP contribution in [-0.2, 0) is 10.0 Å². The van der Waals surface area contributed by atoms with Crippen molar-refractivity contribution in [2.75, 3.05) is 46.3 Å². The number of carbonyl (C=O) groups excluding carboxylic acids is 1. The lowest BCUT2D eigenvalue weighted by Crippen LogP contribution is -2.55. The van der Waals surface area contributed by atoms with Gasteiger partial charge in [0.05, 0.1) is 15.5 Å². The van der Waals surface area contributed by atoms with E-state index >= 15 is 0 Å². The summed E-state index contributed by atoms with van der Waals surface area (Å²) in [5.74, 6) is -0.211. The Hall–Kier alpha value is -1.19. The Morgan fingerprint density at radius 1 is 1.17 bits per heavy atom. The summed E-state index contributed by atoms with van der Waals surface area (Å²) in [5, 5.41) is 0.273. The molecule has 1 atom stereocenters. The second-order valence-electron chi connectivity index (χ2n) is 8.30. The Morgan fingerprint density at radius 3 is 2.48 bits per heavy atom. The Morgan fingerprint density at radius 2 is 1.86 bits per heavy atom. The molecule has 3 rings (SSSR count). The van der Waals surface area contributed by atoms with Crippen LogP contribution in [0.25, 0.3) is 0 Å². The van der Waals surface area contributed by atoms with Crippen LogP contribution in [0.4, 0.5) is 0 Å². The number of nitrogens with one attached hydrogen (secondary N) is 1. The Balaban J connectivity index is 1.69. The van der Waals surface area contributed by atoms with Gasteiger partial charge in [0.2, 0.25) is 10.0 Å². The molecule has 2 aliphatic rings. The van der Waals surface area contributed by atoms with Gasteiger partial charge in [-0.15, -0.1) is 0 Å². The summed E-state index contributed by atoms with van der Waals surface area (Å²) in [7, 11) is -1.53. The van der Waals surface area contributed by atoms with Crippen molar-refractivity contribution in [3.63, 3.8) is 0 Å². The number of nitrogens with zero attached hydrogens (tertiary/aromatic N) is 3. The van der Waals surface area contributed by atoms with Crippen LogP contribution in [0.2, 0.25) is 5.02 Å². The van der Waals surface area contributed by atoms with Gasteiger partial charge in [0.25, 0.3) is 5.91 Å². The minimum atomic E-state index is -3.68. The molecule has 2 saturated heterocycles. The number of piperidine rings is 1. The predicted molar refractivity (Wildman–Crippen MR) is 115 cm³/mol. The first-order valence-electron chi connectivity index (χ1n) is 10.2. The Labute approximate surface area is 179 Å². The number of hydrogen-bond acceptors (Lipinski definition) is 5. The zero-order valence-corrected chi connectivity index (χ0v) is 19.0. The first-order valence-corrected chi connectivity index (χ1v) is 12.1. The molecular weight excluding hydrogens is 412 g/mol. The molecule has 29 heavy (non-hydrogen) atoms. The normalized spacial score (nSPS) is 22.2. The molecule has 2 fully saturated rings. The fourth-order valence-electron chi connectivity index (χ4n) is 4.11. The number of likely N-dealkylation sites (N-methyl/N-ethyl adjacent to an activating group) is 1. The van der Waals surface area contributed by atoms with E-state index in [1.807, 2.05) is 0 Å². The molecule has 1 amide bonds. The van der Waals surface area contributed by atoms with Gasteiger partial charge in [0, 0.05) is 44.8 Å². The zero-order chi connectivity index (χ0) is 21.2. The van der Waals surface area contributed by atoms with Crippen LogP contribution in [0.5, 0.6) is 0 Å². The highest BCUT2D eigenvalue weighted by Crippen LogP contribution is 2.24. The molecule has 0 spiro atoms. The molecule has 1 N–H and O–H groups in total. The molecule has 2 aliphatic heterocycles. The van der Waals surface area contributed by atoms with Crippen molar-refractivity contribution in [1.29, 1.82) is 0 Å². The molecule has 162 valence electrons. The molecule has 1 unspecified atom stereocenters. The summed E-state index contributed by atoms with van der Waals surface area (Å²) in [6, 6.07) is 4.61. The van der Waals surface area contributed by atoms with Gasteiger partial charge in [-0.3, -0.25) is 9.69 Å². The lowest BCUT2D eigenvalue weighted by atomic mass is 10.0. The largest absolute Gasteiger partial charge is 0.336 e. The molecule has 0 radical (unpaired) electrons. The molecule has 0 saturated carbocycles. The van der Waals surface area contributed by atoms with E-state index in [0.29, 0.717) is 19.1 Å². The predicted octanol–water partition coefficient (Wildman–Crippen LogP) is 1.88. The minimum absolute atomic E-state index is 0.0582. The van der Waals surface area contributed by atoms with Crippen molar-refractivity contribution in [1.82, 2.24) is 19.4 Å². The van der Waals surface area contributed by atoms with E-state index in [9.17, 15) is 13.2 Å². The van der Waals surface area contributed by atoms with Crippen LogP contribution >= 0.6 is 11.6 Å². The monoisotopic (exact) mass is 442 g/mol. The van der Waals surface area contributed by atoms with Crippen LogP contribution in [0.15, 0.2) is 23.1 Å². The number of hydrogen-bond donors (Lipinski definition) is 1. The van der Waals surface area contributed by atoms with Crippen molar-refractivity contribution >= 4 is 27.5 Å². The number of carbonyl (C=O) groups is 1. The molecule has 7 nitrogen and oxygen atoms in total. The standard InChI is InChI=1S/C20H31ClN4O3S/c1-15(2)22-29(27,28)17-6-7-19(21)18(13-17)20(26)25-11-9-24(10-12-25)16-5-4-8-23(3)14-16/h6-7,13,15-16,22H,4-5,8-12,14H2,1-3H3. The molecular formula is C20H31ClN4O3S. The highest BCUT2D eigenvalue weighted by molar-refractivity contribution is 7.89. The highest BCUT2D eigenvalue weighted by atomic mass is 35.5. The Bertz CT molecular complexity index is 838. The summed E-state index contributed by atoms with van der Waals surface area (Å²) in [6.07, 6.45) is 2.41. The summed E-state index contributed by atoms with van der Waals surface area (Å²) in [6.45, 7) is 8.63. The number of sulfonamides is 1. The summed E-state index contributed by atoms with van der Waals surface area (Å²) >= 11 is 6.25. The number of amides is 1. The second kappa shape index (κ2) is 9.31. The maximum atomic E-state index is 13.1. The molecule has 2 heterocycles. The van der Waals surface area contributed by atoms with Crippen LogP contribution in [-0.4, -0.2) is 87.4 Å². The van der Waals surface area contributed by atoms with E-state index < -0.39 is 10.0 Å². The lowest BCUT2D eigenvalue weighted by molar-refractivity contribution is 0.0452. The highest BCUT2D eigenvalue weighted by Gasteiger charge is 2.30. The van der Waals surface area contributed by atoms with Gasteiger partial charge in [0.15, 0.2) is 0 Å². The number of piperazine rings is 1. The van der Waals surface area contributed by atoms with Crippen molar-refractivity contribution in [2.45, 2.75) is 43.7 Å². The topological polar surface area (TPSA) is 73.0 Å². The third-order valence-electron chi connectivity index (χ3n) is 5.59. The summed E-state index contributed by atoms with van der Waals surface area (Å²) < 4.78 is 27.5. The van der Waals surface area contributed by atoms with Crippen molar-refractivity contribution in [3.8, 4) is 0 Å². The maximum absolute atomic E-state index is 13.1. The van der Waals surface area contributed by atoms with Crippen molar-refractivity contribution < 1.29 is 13.2 Å². The molecule has 1 aromatic carbocycles. The first kappa shape index (κ1) is 22.5. The molecule has 1 aromatic rings. The molecule has 0 aliphatic carbocycles. The van der Waals surface area contributed by atoms with E-state index in [-0.39, 0.29) is 27.4 Å². The van der Waals surface area contributed by atoms with Gasteiger partial charge < -0.3 is 9.80 Å². The van der Waals surface area contributed by atoms with Gasteiger partial charge in [-0.25, -0.2) is 13.1 Å². The van der Waals surface area contributed by atoms with E-state index in [2.05, 4.69) is 21.6 Å². The first-order chi connectivity index (χ1) is 13.7. The van der Waals surface area contributed by atoms with Gasteiger partial charge >= 0.3 is 0 Å².